The molecule has 3 aromatic rings. The van der Waals surface area contributed by atoms with E-state index < -0.39 is 16.3 Å². The largest absolute Gasteiger partial charge is 0.455 e. The Hall–Kier alpha value is -2.28. The third kappa shape index (κ3) is 12.5. The van der Waals surface area contributed by atoms with E-state index in [1.165, 1.54) is 42.6 Å². The van der Waals surface area contributed by atoms with Crippen molar-refractivity contribution in [2.75, 3.05) is 5.34 Å². The monoisotopic (exact) mass is 539 g/mol. The van der Waals surface area contributed by atoms with Crippen LogP contribution < -0.4 is 0 Å². The van der Waals surface area contributed by atoms with Crippen LogP contribution in [0, 0.1) is 11.3 Å². The maximum atomic E-state index is 12.2. The fourth-order valence-electron chi connectivity index (χ4n) is 1.89. The first-order chi connectivity index (χ1) is 15.3. The molecule has 2 aromatic heterocycles. The zero-order valence-electron chi connectivity index (χ0n) is 16.6. The van der Waals surface area contributed by atoms with Gasteiger partial charge in [0.15, 0.2) is 4.30 Å². The average molecular weight is 542 g/mol. The Morgan fingerprint density at radius 2 is 1.69 bits per heavy atom. The van der Waals surface area contributed by atoms with Crippen LogP contribution in [0.3, 0.4) is 0 Å². The van der Waals surface area contributed by atoms with Gasteiger partial charge in [-0.3, -0.25) is 4.57 Å². The van der Waals surface area contributed by atoms with E-state index in [9.17, 15) is 9.59 Å². The second kappa shape index (κ2) is 18.3. The van der Waals surface area contributed by atoms with Crippen molar-refractivity contribution < 1.29 is 14.3 Å². The first-order valence-corrected chi connectivity index (χ1v) is 10.8. The summed E-state index contributed by atoms with van der Waals surface area (Å²) >= 11 is 23.9. The molecular formula is C19H18Cl5N5O3. The lowest BCUT2D eigenvalue weighted by molar-refractivity contribution is 0.0454. The van der Waals surface area contributed by atoms with Gasteiger partial charge in [-0.05, 0) is 5.56 Å². The fraction of sp³-hybridized carbons (Fsp3) is 0.211. The molecule has 32 heavy (non-hydrogen) atoms. The molecule has 0 spiro atoms. The number of aromatic nitrogens is 4. The molecule has 0 fully saturated rings. The number of hydrogen-bond donors (Lipinski definition) is 0. The number of esters is 1. The summed E-state index contributed by atoms with van der Waals surface area (Å²) in [5.74, 6) is -0.739. The second-order valence-corrected chi connectivity index (χ2v) is 7.79. The zero-order valence-corrected chi connectivity index (χ0v) is 20.4. The summed E-state index contributed by atoms with van der Waals surface area (Å²) in [5, 5.41) is 7.51. The molecule has 0 unspecified atom stereocenters. The fourth-order valence-corrected chi connectivity index (χ4v) is 1.89. The van der Waals surface area contributed by atoms with Crippen LogP contribution >= 0.6 is 58.0 Å². The van der Waals surface area contributed by atoms with Gasteiger partial charge in [-0.2, -0.15) is 5.26 Å². The highest BCUT2D eigenvalue weighted by molar-refractivity contribution is 6.63. The number of alkyl halides is 5. The summed E-state index contributed by atoms with van der Waals surface area (Å²) < 4.78 is 6.80. The summed E-state index contributed by atoms with van der Waals surface area (Å²) in [4.78, 5) is 32.0. The Labute approximate surface area is 210 Å². The molecule has 0 N–H and O–H groups in total. The third-order valence-corrected chi connectivity index (χ3v) is 2.97. The molecule has 0 aliphatic carbocycles. The molecule has 0 saturated carbocycles. The molecular weight excluding hydrogens is 524 g/mol. The first-order valence-electron chi connectivity index (χ1n) is 8.44. The highest BCUT2D eigenvalue weighted by Gasteiger charge is 2.19. The van der Waals surface area contributed by atoms with E-state index in [-0.39, 0.29) is 17.8 Å². The Bertz CT molecular complexity index is 941. The summed E-state index contributed by atoms with van der Waals surface area (Å²) in [6, 6.07) is 10.6. The van der Waals surface area contributed by atoms with Crippen molar-refractivity contribution in [3.8, 4) is 6.07 Å². The molecule has 3 rings (SSSR count). The molecule has 1 aromatic carbocycles. The maximum absolute atomic E-state index is 12.2. The average Bonchev–Trinajstić information content (AvgIpc) is 3.45. The Morgan fingerprint density at radius 3 is 2.19 bits per heavy atom. The smallest absolute Gasteiger partial charge is 0.375 e. The minimum atomic E-state index is -0.750. The molecule has 0 saturated heterocycles. The molecule has 0 bridgehead atoms. The maximum Gasteiger partial charge on any atom is 0.375 e. The standard InChI is InChI=1S/C15H12N4O3.C2H3N.CHCl3.CH2Cl2/c20-14(22-10-12-4-2-1-3-5-12)13-17-7-9-19(13)15(21)18-8-6-16-11-18;1-2-3;2-1(3)4;2-1-3/h1-9,11H,10H2;1H3;1H;1H2. The van der Waals surface area contributed by atoms with Gasteiger partial charge in [-0.15, -0.1) is 23.2 Å². The number of nitrogens with zero attached hydrogens (tertiary/aromatic N) is 5. The highest BCUT2D eigenvalue weighted by atomic mass is 35.6. The zero-order chi connectivity index (χ0) is 24.4. The molecule has 0 atom stereocenters. The van der Waals surface area contributed by atoms with Gasteiger partial charge in [0.1, 0.15) is 12.9 Å². The number of imidazole rings is 2. The predicted octanol–water partition coefficient (Wildman–Crippen LogP) is 5.89. The van der Waals surface area contributed by atoms with E-state index in [0.717, 1.165) is 10.1 Å². The predicted molar refractivity (Wildman–Crippen MR) is 125 cm³/mol. The van der Waals surface area contributed by atoms with Crippen LogP contribution in [-0.4, -0.2) is 40.7 Å². The van der Waals surface area contributed by atoms with Crippen molar-refractivity contribution in [1.82, 2.24) is 19.1 Å². The number of rotatable bonds is 3. The summed E-state index contributed by atoms with van der Waals surface area (Å²) in [5.41, 5.74) is 0.856. The van der Waals surface area contributed by atoms with E-state index >= 15 is 0 Å². The van der Waals surface area contributed by atoms with Gasteiger partial charge in [-0.25, -0.2) is 24.1 Å². The normalized spacial score (nSPS) is 9.06. The topological polar surface area (TPSA) is 103 Å². The highest BCUT2D eigenvalue weighted by Crippen LogP contribution is 2.06. The van der Waals surface area contributed by atoms with Crippen LogP contribution in [0.2, 0.25) is 0 Å². The molecule has 13 heteroatoms. The molecule has 172 valence electrons. The molecule has 0 aliphatic heterocycles. The third-order valence-electron chi connectivity index (χ3n) is 2.97. The van der Waals surface area contributed by atoms with Crippen molar-refractivity contribution in [2.24, 2.45) is 0 Å². The van der Waals surface area contributed by atoms with Crippen LogP contribution in [0.5, 0.6) is 0 Å². The van der Waals surface area contributed by atoms with Gasteiger partial charge in [0.25, 0.3) is 0 Å². The lowest BCUT2D eigenvalue weighted by atomic mass is 10.2. The van der Waals surface area contributed by atoms with Crippen LogP contribution in [0.25, 0.3) is 0 Å². The molecule has 0 amide bonds. The molecule has 0 radical (unpaired) electrons. The number of carbonyl (C=O) groups is 2. The summed E-state index contributed by atoms with van der Waals surface area (Å²) in [7, 11) is 0. The lowest BCUT2D eigenvalue weighted by Gasteiger charge is -2.07. The van der Waals surface area contributed by atoms with Gasteiger partial charge in [0.05, 0.1) is 11.4 Å². The molecule has 2 heterocycles. The van der Waals surface area contributed by atoms with Gasteiger partial charge < -0.3 is 4.74 Å². The van der Waals surface area contributed by atoms with Gasteiger partial charge in [0.2, 0.25) is 5.82 Å². The van der Waals surface area contributed by atoms with Crippen LogP contribution in [0.1, 0.15) is 23.1 Å². The summed E-state index contributed by atoms with van der Waals surface area (Å²) in [6.07, 6.45) is 7.08. The van der Waals surface area contributed by atoms with E-state index in [4.69, 9.17) is 68.0 Å². The van der Waals surface area contributed by atoms with Crippen molar-refractivity contribution >= 4 is 70.0 Å². The molecule has 0 aliphatic rings. The van der Waals surface area contributed by atoms with Crippen LogP contribution in [-0.2, 0) is 11.3 Å². The van der Waals surface area contributed by atoms with Crippen molar-refractivity contribution in [1.29, 1.82) is 5.26 Å². The Morgan fingerprint density at radius 1 is 1.12 bits per heavy atom. The minimum absolute atomic E-state index is 0.0744. The van der Waals surface area contributed by atoms with Crippen molar-refractivity contribution in [3.63, 3.8) is 0 Å². The Balaban J connectivity index is 0.000000820. The van der Waals surface area contributed by atoms with Crippen molar-refractivity contribution in [2.45, 2.75) is 17.8 Å². The van der Waals surface area contributed by atoms with Gasteiger partial charge >= 0.3 is 12.0 Å². The number of halogens is 5. The quantitative estimate of drug-likeness (QED) is 0.303. The number of ether oxygens (including phenoxy) is 1. The number of benzene rings is 1. The number of nitriles is 1. The summed E-state index contributed by atoms with van der Waals surface area (Å²) in [6.45, 7) is 1.55. The van der Waals surface area contributed by atoms with E-state index in [1.54, 1.807) is 6.07 Å². The van der Waals surface area contributed by atoms with E-state index in [1.807, 2.05) is 30.3 Å². The lowest BCUT2D eigenvalue weighted by Crippen LogP contribution is -2.23. The number of carbonyl (C=O) groups excluding carboxylic acids is 2. The van der Waals surface area contributed by atoms with Gasteiger partial charge in [-0.1, -0.05) is 65.1 Å². The van der Waals surface area contributed by atoms with Crippen LogP contribution in [0.15, 0.2) is 61.4 Å². The van der Waals surface area contributed by atoms with Gasteiger partial charge in [0, 0.05) is 31.7 Å². The number of hydrogen-bond acceptors (Lipinski definition) is 6. The minimum Gasteiger partial charge on any atom is -0.455 e. The Kier molecular flexibility index (Phi) is 17.0. The van der Waals surface area contributed by atoms with Crippen LogP contribution in [0.4, 0.5) is 4.79 Å². The first kappa shape index (κ1) is 29.7. The second-order valence-electron chi connectivity index (χ2n) is 5.01. The molecule has 8 nitrogen and oxygen atoms in total. The van der Waals surface area contributed by atoms with E-state index in [0.29, 0.717) is 0 Å². The van der Waals surface area contributed by atoms with Crippen molar-refractivity contribution in [3.05, 3.63) is 72.8 Å². The van der Waals surface area contributed by atoms with E-state index in [2.05, 4.69) is 9.97 Å². The SMILES string of the molecule is CC#N.ClC(Cl)Cl.ClCCl.O=C(OCc1ccccc1)c1nccn1C(=O)n1ccnc1.